The van der Waals surface area contributed by atoms with Crippen LogP contribution in [0.15, 0.2) is 23.5 Å². The predicted octanol–water partition coefficient (Wildman–Crippen LogP) is 1.11. The summed E-state index contributed by atoms with van der Waals surface area (Å²) in [6, 6.07) is 0. The molecule has 2 nitrogen and oxygen atoms in total. The summed E-state index contributed by atoms with van der Waals surface area (Å²) < 4.78 is 0. The molecule has 1 aliphatic carbocycles. The van der Waals surface area contributed by atoms with E-state index in [1.807, 2.05) is 12.2 Å². The van der Waals surface area contributed by atoms with Crippen molar-refractivity contribution in [1.82, 2.24) is 0 Å². The van der Waals surface area contributed by atoms with Crippen molar-refractivity contribution in [2.24, 2.45) is 5.73 Å². The van der Waals surface area contributed by atoms with Crippen LogP contribution >= 0.6 is 0 Å². The third kappa shape index (κ3) is 1.33. The second-order valence-electron chi connectivity index (χ2n) is 2.12. The summed E-state index contributed by atoms with van der Waals surface area (Å²) in [6.07, 6.45) is 5.61. The van der Waals surface area contributed by atoms with Crippen molar-refractivity contribution >= 4 is 0 Å². The van der Waals surface area contributed by atoms with E-state index in [0.29, 0.717) is 12.3 Å². The first-order valence-electron chi connectivity index (χ1n) is 3.12. The standard InChI is InChI=1S/C7H11NO/c8-5-6-3-1-2-4-7(6)9/h1,3,9H,2,4-5,8H2. The van der Waals surface area contributed by atoms with Crippen LogP contribution in [0.5, 0.6) is 0 Å². The van der Waals surface area contributed by atoms with Gasteiger partial charge in [-0.25, -0.2) is 0 Å². The minimum absolute atomic E-state index is 0.447. The molecule has 3 N–H and O–H groups in total. The Bertz CT molecular complexity index is 158. The quantitative estimate of drug-likeness (QED) is 0.551. The molecule has 2 heteroatoms. The van der Waals surface area contributed by atoms with Crippen molar-refractivity contribution in [2.75, 3.05) is 6.54 Å². The largest absolute Gasteiger partial charge is 0.512 e. The van der Waals surface area contributed by atoms with Crippen LogP contribution in [0.25, 0.3) is 0 Å². The summed E-state index contributed by atoms with van der Waals surface area (Å²) >= 11 is 0. The minimum Gasteiger partial charge on any atom is -0.512 e. The highest BCUT2D eigenvalue weighted by atomic mass is 16.3. The maximum absolute atomic E-state index is 9.12. The Balaban J connectivity index is 2.72. The molecule has 0 aromatic carbocycles. The van der Waals surface area contributed by atoms with Crippen LogP contribution in [0, 0.1) is 0 Å². The second kappa shape index (κ2) is 2.69. The summed E-state index contributed by atoms with van der Waals surface area (Å²) in [4.78, 5) is 0. The topological polar surface area (TPSA) is 46.2 Å². The average molecular weight is 125 g/mol. The summed E-state index contributed by atoms with van der Waals surface area (Å²) in [7, 11) is 0. The molecule has 0 unspecified atom stereocenters. The molecule has 9 heavy (non-hydrogen) atoms. The fourth-order valence-electron chi connectivity index (χ4n) is 0.888. The first kappa shape index (κ1) is 6.36. The van der Waals surface area contributed by atoms with Gasteiger partial charge in [-0.2, -0.15) is 0 Å². The van der Waals surface area contributed by atoms with Gasteiger partial charge < -0.3 is 10.8 Å². The third-order valence-corrected chi connectivity index (χ3v) is 1.46. The van der Waals surface area contributed by atoms with Crippen LogP contribution in [0.1, 0.15) is 12.8 Å². The van der Waals surface area contributed by atoms with E-state index in [1.54, 1.807) is 0 Å². The first-order valence-corrected chi connectivity index (χ1v) is 3.12. The molecular weight excluding hydrogens is 114 g/mol. The second-order valence-corrected chi connectivity index (χ2v) is 2.12. The fourth-order valence-corrected chi connectivity index (χ4v) is 0.888. The van der Waals surface area contributed by atoms with Gasteiger partial charge >= 0.3 is 0 Å². The average Bonchev–Trinajstić information content (AvgIpc) is 1.89. The number of hydrogen-bond donors (Lipinski definition) is 2. The van der Waals surface area contributed by atoms with Gasteiger partial charge in [0.15, 0.2) is 0 Å². The van der Waals surface area contributed by atoms with E-state index >= 15 is 0 Å². The molecule has 0 saturated carbocycles. The monoisotopic (exact) mass is 125 g/mol. The normalized spacial score (nSPS) is 18.8. The van der Waals surface area contributed by atoms with Gasteiger partial charge in [0.05, 0.1) is 5.76 Å². The molecule has 0 heterocycles. The molecule has 1 aliphatic rings. The molecule has 0 atom stereocenters. The van der Waals surface area contributed by atoms with Crippen LogP contribution in [0.4, 0.5) is 0 Å². The molecule has 50 valence electrons. The maximum atomic E-state index is 9.12. The lowest BCUT2D eigenvalue weighted by Gasteiger charge is -2.07. The summed E-state index contributed by atoms with van der Waals surface area (Å²) in [5.41, 5.74) is 6.20. The highest BCUT2D eigenvalue weighted by Gasteiger charge is 2.03. The predicted molar refractivity (Wildman–Crippen MR) is 37.1 cm³/mol. The highest BCUT2D eigenvalue weighted by molar-refractivity contribution is 5.26. The number of nitrogens with two attached hydrogens (primary N) is 1. The smallest absolute Gasteiger partial charge is 0.0970 e. The number of aliphatic hydroxyl groups excluding tert-OH is 1. The Kier molecular flexibility index (Phi) is 1.90. The van der Waals surface area contributed by atoms with Gasteiger partial charge in [0, 0.05) is 18.5 Å². The zero-order chi connectivity index (χ0) is 6.69. The number of hydrogen-bond acceptors (Lipinski definition) is 2. The van der Waals surface area contributed by atoms with E-state index < -0.39 is 0 Å². The van der Waals surface area contributed by atoms with Gasteiger partial charge in [0.2, 0.25) is 0 Å². The molecular formula is C7H11NO. The highest BCUT2D eigenvalue weighted by Crippen LogP contribution is 2.14. The van der Waals surface area contributed by atoms with Crippen LogP contribution < -0.4 is 5.73 Å². The van der Waals surface area contributed by atoms with E-state index in [-0.39, 0.29) is 0 Å². The third-order valence-electron chi connectivity index (χ3n) is 1.46. The molecule has 0 aromatic heterocycles. The van der Waals surface area contributed by atoms with E-state index in [4.69, 9.17) is 10.8 Å². The van der Waals surface area contributed by atoms with Crippen molar-refractivity contribution in [3.8, 4) is 0 Å². The van der Waals surface area contributed by atoms with E-state index in [1.165, 1.54) is 0 Å². The lowest BCUT2D eigenvalue weighted by Crippen LogP contribution is -2.06. The fraction of sp³-hybridized carbons (Fsp3) is 0.429. The molecule has 0 aromatic rings. The maximum Gasteiger partial charge on any atom is 0.0970 e. The Hall–Kier alpha value is -0.760. The van der Waals surface area contributed by atoms with E-state index in [2.05, 4.69) is 0 Å². The Labute approximate surface area is 54.7 Å². The lowest BCUT2D eigenvalue weighted by molar-refractivity contribution is 0.381. The molecule has 1 rings (SSSR count). The molecule has 0 fully saturated rings. The van der Waals surface area contributed by atoms with E-state index in [9.17, 15) is 0 Å². The molecule has 0 bridgehead atoms. The van der Waals surface area contributed by atoms with Crippen LogP contribution in [-0.2, 0) is 0 Å². The van der Waals surface area contributed by atoms with Gasteiger partial charge in [-0.15, -0.1) is 0 Å². The van der Waals surface area contributed by atoms with Crippen LogP contribution in [0.2, 0.25) is 0 Å². The number of rotatable bonds is 1. The van der Waals surface area contributed by atoms with Crippen molar-refractivity contribution in [3.05, 3.63) is 23.5 Å². The zero-order valence-electron chi connectivity index (χ0n) is 5.30. The number of allylic oxidation sites excluding steroid dienone is 2. The molecule has 0 spiro atoms. The lowest BCUT2D eigenvalue weighted by atomic mass is 10.1. The Morgan fingerprint density at radius 1 is 1.67 bits per heavy atom. The van der Waals surface area contributed by atoms with Crippen molar-refractivity contribution in [3.63, 3.8) is 0 Å². The molecule has 0 saturated heterocycles. The molecule has 0 radical (unpaired) electrons. The van der Waals surface area contributed by atoms with Gasteiger partial charge in [-0.3, -0.25) is 0 Å². The summed E-state index contributed by atoms with van der Waals surface area (Å²) in [5, 5.41) is 9.12. The molecule has 0 aliphatic heterocycles. The Morgan fingerprint density at radius 2 is 2.44 bits per heavy atom. The number of aliphatic hydroxyl groups is 1. The van der Waals surface area contributed by atoms with E-state index in [0.717, 1.165) is 18.4 Å². The minimum atomic E-state index is 0.447. The molecule has 0 amide bonds. The first-order chi connectivity index (χ1) is 4.34. The van der Waals surface area contributed by atoms with Crippen molar-refractivity contribution < 1.29 is 5.11 Å². The Morgan fingerprint density at radius 3 is 2.89 bits per heavy atom. The SMILES string of the molecule is NCC1=C(O)CCC=C1. The van der Waals surface area contributed by atoms with Crippen LogP contribution in [-0.4, -0.2) is 11.7 Å². The summed E-state index contributed by atoms with van der Waals surface area (Å²) in [5.74, 6) is 0.458. The zero-order valence-corrected chi connectivity index (χ0v) is 5.30. The summed E-state index contributed by atoms with van der Waals surface area (Å²) in [6.45, 7) is 0.447. The van der Waals surface area contributed by atoms with Crippen LogP contribution in [0.3, 0.4) is 0 Å². The van der Waals surface area contributed by atoms with Crippen molar-refractivity contribution in [1.29, 1.82) is 0 Å². The van der Waals surface area contributed by atoms with Crippen molar-refractivity contribution in [2.45, 2.75) is 12.8 Å². The van der Waals surface area contributed by atoms with Gasteiger partial charge in [-0.05, 0) is 6.42 Å². The van der Waals surface area contributed by atoms with Gasteiger partial charge in [-0.1, -0.05) is 12.2 Å². The van der Waals surface area contributed by atoms with Gasteiger partial charge in [0.1, 0.15) is 0 Å². The van der Waals surface area contributed by atoms with Gasteiger partial charge in [0.25, 0.3) is 0 Å².